The lowest BCUT2D eigenvalue weighted by molar-refractivity contribution is 0.399. The van der Waals surface area contributed by atoms with Gasteiger partial charge in [-0.1, -0.05) is 6.92 Å². The van der Waals surface area contributed by atoms with Crippen molar-refractivity contribution in [2.75, 3.05) is 13.7 Å². The van der Waals surface area contributed by atoms with Gasteiger partial charge < -0.3 is 10.1 Å². The van der Waals surface area contributed by atoms with Gasteiger partial charge in [0.05, 0.1) is 24.9 Å². The summed E-state index contributed by atoms with van der Waals surface area (Å²) >= 11 is 1.65. The molecule has 0 aliphatic rings. The van der Waals surface area contributed by atoms with Crippen LogP contribution in [0.15, 0.2) is 17.9 Å². The topological polar surface area (TPSA) is 52.0 Å². The highest BCUT2D eigenvalue weighted by Gasteiger charge is 2.23. The number of rotatable bonds is 7. The van der Waals surface area contributed by atoms with Crippen LogP contribution in [0, 0.1) is 0 Å². The molecule has 2 aromatic heterocycles. The highest BCUT2D eigenvalue weighted by molar-refractivity contribution is 7.09. The molecule has 0 aromatic carbocycles. The van der Waals surface area contributed by atoms with E-state index in [1.165, 1.54) is 4.88 Å². The van der Waals surface area contributed by atoms with Crippen molar-refractivity contribution in [1.29, 1.82) is 0 Å². The number of methoxy groups -OCH3 is 1. The summed E-state index contributed by atoms with van der Waals surface area (Å²) in [5.74, 6) is 0.823. The predicted octanol–water partition coefficient (Wildman–Crippen LogP) is 2.46. The second kappa shape index (κ2) is 6.68. The fourth-order valence-electron chi connectivity index (χ4n) is 2.07. The molecule has 5 nitrogen and oxygen atoms in total. The van der Waals surface area contributed by atoms with Crippen LogP contribution in [0.5, 0.6) is 5.75 Å². The molecule has 0 spiro atoms. The second-order valence-corrected chi connectivity index (χ2v) is 5.12. The Morgan fingerprint density at radius 2 is 2.26 bits per heavy atom. The first-order valence-corrected chi connectivity index (χ1v) is 7.41. The van der Waals surface area contributed by atoms with E-state index in [1.54, 1.807) is 24.6 Å². The average molecular weight is 280 g/mol. The number of thiazole rings is 1. The zero-order chi connectivity index (χ0) is 13.7. The van der Waals surface area contributed by atoms with Crippen LogP contribution in [0.2, 0.25) is 0 Å². The highest BCUT2D eigenvalue weighted by Crippen LogP contribution is 2.31. The Labute approximate surface area is 117 Å². The fourth-order valence-corrected chi connectivity index (χ4v) is 2.76. The van der Waals surface area contributed by atoms with Gasteiger partial charge in [-0.3, -0.25) is 9.67 Å². The van der Waals surface area contributed by atoms with Crippen LogP contribution in [-0.2, 0) is 6.54 Å². The number of nitrogens with one attached hydrogen (secondary N) is 1. The molecule has 2 heterocycles. The third kappa shape index (κ3) is 2.96. The van der Waals surface area contributed by atoms with Gasteiger partial charge in [0.1, 0.15) is 5.69 Å². The minimum absolute atomic E-state index is 0.0878. The Morgan fingerprint density at radius 1 is 1.42 bits per heavy atom. The molecule has 2 rings (SSSR count). The molecule has 6 heteroatoms. The predicted molar refractivity (Wildman–Crippen MR) is 76.7 cm³/mol. The lowest BCUT2D eigenvalue weighted by Gasteiger charge is -2.19. The number of nitrogens with zero attached hydrogens (tertiary/aromatic N) is 3. The van der Waals surface area contributed by atoms with E-state index in [9.17, 15) is 0 Å². The van der Waals surface area contributed by atoms with E-state index in [2.05, 4.69) is 29.2 Å². The Balaban J connectivity index is 2.39. The molecule has 104 valence electrons. The first-order chi connectivity index (χ1) is 9.31. The summed E-state index contributed by atoms with van der Waals surface area (Å²) in [4.78, 5) is 5.36. The molecule has 0 amide bonds. The second-order valence-electron chi connectivity index (χ2n) is 4.20. The van der Waals surface area contributed by atoms with E-state index >= 15 is 0 Å². The number of aromatic nitrogens is 3. The monoisotopic (exact) mass is 280 g/mol. The van der Waals surface area contributed by atoms with Crippen molar-refractivity contribution in [3.05, 3.63) is 28.5 Å². The molecule has 0 radical (unpaired) electrons. The maximum Gasteiger partial charge on any atom is 0.161 e. The summed E-state index contributed by atoms with van der Waals surface area (Å²) < 4.78 is 7.43. The van der Waals surface area contributed by atoms with E-state index < -0.39 is 0 Å². The number of hydrogen-bond acceptors (Lipinski definition) is 5. The minimum Gasteiger partial charge on any atom is -0.493 e. The zero-order valence-electron chi connectivity index (χ0n) is 11.6. The standard InChI is InChI=1S/C13H20N4OS/c1-4-6-15-12(11-8-14-9-19-11)13-10(18-3)7-16-17(13)5-2/h7-9,12,15H,4-6H2,1-3H3. The van der Waals surface area contributed by atoms with Crippen LogP contribution >= 0.6 is 11.3 Å². The Morgan fingerprint density at radius 3 is 2.84 bits per heavy atom. The summed E-state index contributed by atoms with van der Waals surface area (Å²) in [5.41, 5.74) is 2.93. The smallest absolute Gasteiger partial charge is 0.161 e. The molecule has 1 atom stereocenters. The van der Waals surface area contributed by atoms with E-state index in [-0.39, 0.29) is 6.04 Å². The van der Waals surface area contributed by atoms with Crippen LogP contribution in [0.25, 0.3) is 0 Å². The van der Waals surface area contributed by atoms with Crippen molar-refractivity contribution >= 4 is 11.3 Å². The Hall–Kier alpha value is -1.40. The molecule has 0 aliphatic heterocycles. The van der Waals surface area contributed by atoms with Gasteiger partial charge in [-0.25, -0.2) is 0 Å². The molecule has 1 unspecified atom stereocenters. The normalized spacial score (nSPS) is 12.6. The SMILES string of the molecule is CCCNC(c1cncs1)c1c(OC)cnn1CC. The molecular formula is C13H20N4OS. The molecule has 2 aromatic rings. The first-order valence-electron chi connectivity index (χ1n) is 6.53. The van der Waals surface area contributed by atoms with Crippen molar-refractivity contribution in [3.8, 4) is 5.75 Å². The number of aryl methyl sites for hydroxylation is 1. The third-order valence-electron chi connectivity index (χ3n) is 2.97. The van der Waals surface area contributed by atoms with E-state index in [0.717, 1.165) is 31.0 Å². The van der Waals surface area contributed by atoms with Crippen molar-refractivity contribution < 1.29 is 4.74 Å². The summed E-state index contributed by atoms with van der Waals surface area (Å²) in [6, 6.07) is 0.0878. The fraction of sp³-hybridized carbons (Fsp3) is 0.538. The van der Waals surface area contributed by atoms with Gasteiger partial charge >= 0.3 is 0 Å². The van der Waals surface area contributed by atoms with Gasteiger partial charge in [0, 0.05) is 17.6 Å². The quantitative estimate of drug-likeness (QED) is 0.846. The molecule has 0 saturated carbocycles. The van der Waals surface area contributed by atoms with E-state index in [0.29, 0.717) is 0 Å². The van der Waals surface area contributed by atoms with Crippen molar-refractivity contribution in [2.24, 2.45) is 0 Å². The van der Waals surface area contributed by atoms with Crippen molar-refractivity contribution in [3.63, 3.8) is 0 Å². The highest BCUT2D eigenvalue weighted by atomic mass is 32.1. The maximum absolute atomic E-state index is 5.45. The van der Waals surface area contributed by atoms with Crippen molar-refractivity contribution in [1.82, 2.24) is 20.1 Å². The van der Waals surface area contributed by atoms with Crippen LogP contribution in [-0.4, -0.2) is 28.4 Å². The summed E-state index contributed by atoms with van der Waals surface area (Å²) in [7, 11) is 1.68. The lowest BCUT2D eigenvalue weighted by Crippen LogP contribution is -2.25. The minimum atomic E-state index is 0.0878. The molecule has 1 N–H and O–H groups in total. The lowest BCUT2D eigenvalue weighted by atomic mass is 10.1. The molecule has 0 aliphatic carbocycles. The molecule has 19 heavy (non-hydrogen) atoms. The van der Waals surface area contributed by atoms with Gasteiger partial charge in [0.2, 0.25) is 0 Å². The Kier molecular flexibility index (Phi) is 4.93. The molecule has 0 fully saturated rings. The Bertz CT molecular complexity index is 473. The van der Waals surface area contributed by atoms with Crippen molar-refractivity contribution in [2.45, 2.75) is 32.9 Å². The number of hydrogen-bond donors (Lipinski definition) is 1. The van der Waals surface area contributed by atoms with Crippen LogP contribution < -0.4 is 10.1 Å². The summed E-state index contributed by atoms with van der Waals surface area (Å²) in [6.45, 7) is 6.01. The van der Waals surface area contributed by atoms with E-state index in [4.69, 9.17) is 4.74 Å². The third-order valence-corrected chi connectivity index (χ3v) is 3.81. The number of ether oxygens (including phenoxy) is 1. The average Bonchev–Trinajstić information content (AvgIpc) is 3.08. The molecular weight excluding hydrogens is 260 g/mol. The molecule has 0 bridgehead atoms. The van der Waals surface area contributed by atoms with Gasteiger partial charge in [-0.05, 0) is 19.9 Å². The van der Waals surface area contributed by atoms with Gasteiger partial charge in [-0.2, -0.15) is 5.10 Å². The van der Waals surface area contributed by atoms with Crippen LogP contribution in [0.4, 0.5) is 0 Å². The van der Waals surface area contributed by atoms with Crippen LogP contribution in [0.1, 0.15) is 36.9 Å². The van der Waals surface area contributed by atoms with Gasteiger partial charge in [0.25, 0.3) is 0 Å². The molecule has 0 saturated heterocycles. The zero-order valence-corrected chi connectivity index (χ0v) is 12.4. The van der Waals surface area contributed by atoms with Crippen LogP contribution in [0.3, 0.4) is 0 Å². The summed E-state index contributed by atoms with van der Waals surface area (Å²) in [6.07, 6.45) is 4.77. The first kappa shape index (κ1) is 14.0. The van der Waals surface area contributed by atoms with Gasteiger partial charge in [0.15, 0.2) is 5.75 Å². The van der Waals surface area contributed by atoms with E-state index in [1.807, 2.05) is 16.4 Å². The maximum atomic E-state index is 5.45. The van der Waals surface area contributed by atoms with Gasteiger partial charge in [-0.15, -0.1) is 11.3 Å². The largest absolute Gasteiger partial charge is 0.493 e. The summed E-state index contributed by atoms with van der Waals surface area (Å²) in [5, 5.41) is 7.93.